The zero-order valence-corrected chi connectivity index (χ0v) is 10.8. The molecular weight excluding hydrogens is 294 g/mol. The monoisotopic (exact) mass is 300 g/mol. The molecule has 1 amide bonds. The third-order valence-corrected chi connectivity index (χ3v) is 2.67. The molecular formula is C11H7Cl2FN4O. The minimum Gasteiger partial charge on any atom is -0.366 e. The van der Waals surface area contributed by atoms with Gasteiger partial charge in [0.05, 0.1) is 17.4 Å². The quantitative estimate of drug-likeness (QED) is 0.854. The average Bonchev–Trinajstić information content (AvgIpc) is 2.33. The van der Waals surface area contributed by atoms with Crippen LogP contribution in [0.3, 0.4) is 0 Å². The van der Waals surface area contributed by atoms with Crippen molar-refractivity contribution in [2.45, 2.75) is 0 Å². The first kappa shape index (κ1) is 13.5. The molecule has 5 nitrogen and oxygen atoms in total. The zero-order chi connectivity index (χ0) is 14.0. The van der Waals surface area contributed by atoms with E-state index in [1.165, 1.54) is 12.3 Å². The first-order valence-corrected chi connectivity index (χ1v) is 5.77. The molecule has 1 aromatic carbocycles. The van der Waals surface area contributed by atoms with Crippen LogP contribution >= 0.6 is 23.2 Å². The van der Waals surface area contributed by atoms with Gasteiger partial charge in [0.25, 0.3) is 5.91 Å². The number of nitrogens with two attached hydrogens (primary N) is 1. The number of nitrogens with zero attached hydrogens (tertiary/aromatic N) is 2. The van der Waals surface area contributed by atoms with E-state index in [1.54, 1.807) is 0 Å². The van der Waals surface area contributed by atoms with E-state index in [0.29, 0.717) is 0 Å². The van der Waals surface area contributed by atoms with E-state index in [-0.39, 0.29) is 27.4 Å². The Morgan fingerprint density at radius 3 is 2.79 bits per heavy atom. The topological polar surface area (TPSA) is 80.9 Å². The van der Waals surface area contributed by atoms with Gasteiger partial charge in [-0.05, 0) is 29.8 Å². The van der Waals surface area contributed by atoms with Crippen molar-refractivity contribution in [3.05, 3.63) is 46.1 Å². The van der Waals surface area contributed by atoms with Crippen molar-refractivity contribution < 1.29 is 9.18 Å². The van der Waals surface area contributed by atoms with Crippen molar-refractivity contribution in [2.75, 3.05) is 5.32 Å². The highest BCUT2D eigenvalue weighted by Gasteiger charge is 2.12. The molecule has 0 aliphatic carbocycles. The lowest BCUT2D eigenvalue weighted by Gasteiger charge is -2.10. The summed E-state index contributed by atoms with van der Waals surface area (Å²) in [5, 5.41) is 2.83. The van der Waals surface area contributed by atoms with Crippen molar-refractivity contribution in [1.29, 1.82) is 0 Å². The molecule has 0 saturated carbocycles. The predicted octanol–water partition coefficient (Wildman–Crippen LogP) is 2.77. The van der Waals surface area contributed by atoms with Crippen LogP contribution in [0.2, 0.25) is 10.3 Å². The molecule has 2 aromatic rings. The second-order valence-corrected chi connectivity index (χ2v) is 4.26. The standard InChI is InChI=1S/C11H7Cl2FN4O/c12-7-4-16-11(13)18-10(7)17-8-3-5(14)1-2-6(8)9(15)19/h1-4H,(H2,15,19)(H,16,17,18). The van der Waals surface area contributed by atoms with E-state index >= 15 is 0 Å². The summed E-state index contributed by atoms with van der Waals surface area (Å²) < 4.78 is 13.2. The van der Waals surface area contributed by atoms with Crippen LogP contribution in [0.15, 0.2) is 24.4 Å². The van der Waals surface area contributed by atoms with Gasteiger partial charge in [0.1, 0.15) is 10.8 Å². The highest BCUT2D eigenvalue weighted by Crippen LogP contribution is 2.26. The molecule has 19 heavy (non-hydrogen) atoms. The van der Waals surface area contributed by atoms with Crippen LogP contribution in [0.1, 0.15) is 10.4 Å². The van der Waals surface area contributed by atoms with Crippen LogP contribution in [0.4, 0.5) is 15.9 Å². The lowest BCUT2D eigenvalue weighted by Crippen LogP contribution is -2.13. The largest absolute Gasteiger partial charge is 0.366 e. The van der Waals surface area contributed by atoms with Gasteiger partial charge < -0.3 is 11.1 Å². The maximum absolute atomic E-state index is 13.2. The van der Waals surface area contributed by atoms with Crippen LogP contribution in [-0.2, 0) is 0 Å². The number of halogens is 3. The molecule has 0 spiro atoms. The molecule has 0 fully saturated rings. The molecule has 0 radical (unpaired) electrons. The van der Waals surface area contributed by atoms with Crippen LogP contribution in [-0.4, -0.2) is 15.9 Å². The Labute approximate surface area is 117 Å². The van der Waals surface area contributed by atoms with E-state index < -0.39 is 11.7 Å². The Kier molecular flexibility index (Phi) is 3.82. The van der Waals surface area contributed by atoms with E-state index in [4.69, 9.17) is 28.9 Å². The van der Waals surface area contributed by atoms with E-state index in [2.05, 4.69) is 15.3 Å². The highest BCUT2D eigenvalue weighted by atomic mass is 35.5. The minimum absolute atomic E-state index is 0.0380. The van der Waals surface area contributed by atoms with Crippen molar-refractivity contribution >= 4 is 40.6 Å². The number of benzene rings is 1. The number of nitrogens with one attached hydrogen (secondary N) is 1. The maximum atomic E-state index is 13.2. The summed E-state index contributed by atoms with van der Waals surface area (Å²) in [6, 6.07) is 3.49. The van der Waals surface area contributed by atoms with Gasteiger partial charge >= 0.3 is 0 Å². The van der Waals surface area contributed by atoms with Gasteiger partial charge in [0.2, 0.25) is 5.28 Å². The molecule has 1 aromatic heterocycles. The van der Waals surface area contributed by atoms with E-state index in [1.807, 2.05) is 0 Å². The SMILES string of the molecule is NC(=O)c1ccc(F)cc1Nc1nc(Cl)ncc1Cl. The summed E-state index contributed by atoms with van der Waals surface area (Å²) in [5.74, 6) is -1.10. The van der Waals surface area contributed by atoms with Gasteiger partial charge in [0.15, 0.2) is 5.82 Å². The van der Waals surface area contributed by atoms with Gasteiger partial charge in [-0.1, -0.05) is 11.6 Å². The summed E-state index contributed by atoms with van der Waals surface area (Å²) in [6.45, 7) is 0. The molecule has 98 valence electrons. The fourth-order valence-electron chi connectivity index (χ4n) is 1.40. The summed E-state index contributed by atoms with van der Waals surface area (Å²) in [6.07, 6.45) is 1.28. The van der Waals surface area contributed by atoms with Gasteiger partial charge in [-0.2, -0.15) is 4.98 Å². The van der Waals surface area contributed by atoms with Gasteiger partial charge in [-0.25, -0.2) is 9.37 Å². The number of carbonyl (C=O) groups excluding carboxylic acids is 1. The van der Waals surface area contributed by atoms with Crippen molar-refractivity contribution in [3.8, 4) is 0 Å². The van der Waals surface area contributed by atoms with Crippen molar-refractivity contribution in [3.63, 3.8) is 0 Å². The van der Waals surface area contributed by atoms with Gasteiger partial charge in [0, 0.05) is 0 Å². The predicted molar refractivity (Wildman–Crippen MR) is 70.3 cm³/mol. The van der Waals surface area contributed by atoms with E-state index in [9.17, 15) is 9.18 Å². The molecule has 0 unspecified atom stereocenters. The number of hydrogen-bond donors (Lipinski definition) is 2. The summed E-state index contributed by atoms with van der Waals surface area (Å²) in [5.41, 5.74) is 5.44. The van der Waals surface area contributed by atoms with Crippen LogP contribution in [0.5, 0.6) is 0 Å². The number of amides is 1. The lowest BCUT2D eigenvalue weighted by atomic mass is 10.1. The van der Waals surface area contributed by atoms with Crippen LogP contribution < -0.4 is 11.1 Å². The molecule has 0 atom stereocenters. The lowest BCUT2D eigenvalue weighted by molar-refractivity contribution is 0.100. The summed E-state index contributed by atoms with van der Waals surface area (Å²) in [4.78, 5) is 18.8. The molecule has 2 rings (SSSR count). The number of primary amides is 1. The van der Waals surface area contributed by atoms with Crippen LogP contribution in [0, 0.1) is 5.82 Å². The van der Waals surface area contributed by atoms with Gasteiger partial charge in [-0.3, -0.25) is 4.79 Å². The summed E-state index contributed by atoms with van der Waals surface area (Å²) >= 11 is 11.5. The third kappa shape index (κ3) is 3.10. The second-order valence-electron chi connectivity index (χ2n) is 3.51. The molecule has 1 heterocycles. The second kappa shape index (κ2) is 5.38. The number of carbonyl (C=O) groups is 1. The maximum Gasteiger partial charge on any atom is 0.250 e. The summed E-state index contributed by atoms with van der Waals surface area (Å²) in [7, 11) is 0. The highest BCUT2D eigenvalue weighted by molar-refractivity contribution is 6.33. The average molecular weight is 301 g/mol. The molecule has 8 heteroatoms. The van der Waals surface area contributed by atoms with Crippen molar-refractivity contribution in [2.24, 2.45) is 5.73 Å². The Hall–Kier alpha value is -1.92. The number of hydrogen-bond acceptors (Lipinski definition) is 4. The number of aromatic nitrogens is 2. The fourth-order valence-corrected chi connectivity index (χ4v) is 1.67. The Morgan fingerprint density at radius 1 is 1.37 bits per heavy atom. The molecule has 0 bridgehead atoms. The third-order valence-electron chi connectivity index (χ3n) is 2.21. The molecule has 0 aliphatic heterocycles. The first-order chi connectivity index (χ1) is 8.97. The van der Waals surface area contributed by atoms with Crippen molar-refractivity contribution in [1.82, 2.24) is 9.97 Å². The normalized spacial score (nSPS) is 10.3. The smallest absolute Gasteiger partial charge is 0.250 e. The Bertz CT molecular complexity index is 651. The van der Waals surface area contributed by atoms with Crippen LogP contribution in [0.25, 0.3) is 0 Å². The van der Waals surface area contributed by atoms with Gasteiger partial charge in [-0.15, -0.1) is 0 Å². The Morgan fingerprint density at radius 2 is 2.11 bits per heavy atom. The fraction of sp³-hybridized carbons (Fsp3) is 0. The minimum atomic E-state index is -0.709. The molecule has 0 saturated heterocycles. The Balaban J connectivity index is 2.45. The molecule has 3 N–H and O–H groups in total. The molecule has 0 aliphatic rings. The number of rotatable bonds is 3. The first-order valence-electron chi connectivity index (χ1n) is 5.02. The zero-order valence-electron chi connectivity index (χ0n) is 9.32. The van der Waals surface area contributed by atoms with E-state index in [0.717, 1.165) is 12.1 Å². The number of anilines is 2.